The molecule has 2 unspecified atom stereocenters. The van der Waals surface area contributed by atoms with Crippen molar-refractivity contribution >= 4 is 28.6 Å². The van der Waals surface area contributed by atoms with Gasteiger partial charge in [0.05, 0.1) is 23.7 Å². The van der Waals surface area contributed by atoms with E-state index >= 15 is 0 Å². The SMILES string of the molecule is CC1CC(n2c(Nc3ccc(OC(C)C)cc3)nc3cc(OCCCC(=O)O)ccc32)CC(C)(C)C1. The largest absolute Gasteiger partial charge is 0.494 e. The van der Waals surface area contributed by atoms with E-state index in [1.165, 1.54) is 6.42 Å². The van der Waals surface area contributed by atoms with Gasteiger partial charge in [-0.3, -0.25) is 4.79 Å². The molecule has 36 heavy (non-hydrogen) atoms. The predicted molar refractivity (Wildman–Crippen MR) is 143 cm³/mol. The number of carbonyl (C=O) groups is 1. The number of benzene rings is 2. The number of nitrogens with one attached hydrogen (secondary N) is 1. The highest BCUT2D eigenvalue weighted by Gasteiger charge is 2.34. The van der Waals surface area contributed by atoms with Gasteiger partial charge in [0.15, 0.2) is 0 Å². The van der Waals surface area contributed by atoms with Crippen molar-refractivity contribution in [1.29, 1.82) is 0 Å². The Bertz CT molecular complexity index is 1180. The predicted octanol–water partition coefficient (Wildman–Crippen LogP) is 7.20. The van der Waals surface area contributed by atoms with Crippen molar-refractivity contribution in [2.75, 3.05) is 11.9 Å². The Labute approximate surface area is 213 Å². The Hall–Kier alpha value is -3.22. The van der Waals surface area contributed by atoms with Crippen molar-refractivity contribution in [2.24, 2.45) is 11.3 Å². The van der Waals surface area contributed by atoms with Crippen molar-refractivity contribution in [3.63, 3.8) is 0 Å². The van der Waals surface area contributed by atoms with Gasteiger partial charge in [-0.25, -0.2) is 4.98 Å². The number of fused-ring (bicyclic) bond motifs is 1. The zero-order chi connectivity index (χ0) is 25.9. The first kappa shape index (κ1) is 25.9. The molecule has 1 aliphatic carbocycles. The fourth-order valence-corrected chi connectivity index (χ4v) is 5.55. The highest BCUT2D eigenvalue weighted by Crippen LogP contribution is 2.46. The van der Waals surface area contributed by atoms with Gasteiger partial charge in [0.25, 0.3) is 0 Å². The molecule has 2 N–H and O–H groups in total. The molecule has 7 heteroatoms. The Morgan fingerprint density at radius 1 is 1.17 bits per heavy atom. The van der Waals surface area contributed by atoms with Gasteiger partial charge >= 0.3 is 5.97 Å². The van der Waals surface area contributed by atoms with Crippen LogP contribution in [-0.2, 0) is 4.79 Å². The Morgan fingerprint density at radius 2 is 1.89 bits per heavy atom. The molecule has 0 aliphatic heterocycles. The van der Waals surface area contributed by atoms with Crippen LogP contribution in [0.5, 0.6) is 11.5 Å². The second kappa shape index (κ2) is 10.8. The number of hydrogen-bond acceptors (Lipinski definition) is 5. The summed E-state index contributed by atoms with van der Waals surface area (Å²) in [5.41, 5.74) is 3.16. The highest BCUT2D eigenvalue weighted by molar-refractivity contribution is 5.81. The van der Waals surface area contributed by atoms with Crippen LogP contribution in [-0.4, -0.2) is 33.3 Å². The number of imidazole rings is 1. The molecule has 1 aliphatic rings. The van der Waals surface area contributed by atoms with Gasteiger partial charge in [-0.15, -0.1) is 0 Å². The van der Waals surface area contributed by atoms with E-state index in [0.29, 0.717) is 30.7 Å². The minimum Gasteiger partial charge on any atom is -0.494 e. The molecule has 4 rings (SSSR count). The molecule has 7 nitrogen and oxygen atoms in total. The van der Waals surface area contributed by atoms with Gasteiger partial charge in [-0.05, 0) is 87.3 Å². The third-order valence-electron chi connectivity index (χ3n) is 6.68. The maximum absolute atomic E-state index is 10.8. The van der Waals surface area contributed by atoms with E-state index in [4.69, 9.17) is 19.6 Å². The quantitative estimate of drug-likeness (QED) is 0.291. The van der Waals surface area contributed by atoms with Gasteiger partial charge < -0.3 is 24.5 Å². The number of rotatable bonds is 10. The Kier molecular flexibility index (Phi) is 7.76. The summed E-state index contributed by atoms with van der Waals surface area (Å²) in [7, 11) is 0. The van der Waals surface area contributed by atoms with Crippen LogP contribution in [0.1, 0.15) is 72.8 Å². The third kappa shape index (κ3) is 6.50. The minimum absolute atomic E-state index is 0.0988. The number of anilines is 2. The minimum atomic E-state index is -0.808. The molecule has 0 saturated heterocycles. The number of nitrogens with zero attached hydrogens (tertiary/aromatic N) is 2. The molecule has 1 fully saturated rings. The summed E-state index contributed by atoms with van der Waals surface area (Å²) in [6, 6.07) is 14.3. The standard InChI is InChI=1S/C29H39N3O4/c1-19(2)36-23-10-8-21(9-11-23)30-28-31-25-16-24(35-14-6-7-27(33)34)12-13-26(25)32(28)22-15-20(3)17-29(4,5)18-22/h8-13,16,19-20,22H,6-7,14-15,17-18H2,1-5H3,(H,30,31)(H,33,34). The number of aliphatic carboxylic acids is 1. The third-order valence-corrected chi connectivity index (χ3v) is 6.68. The molecule has 3 aromatic rings. The second-order valence-electron chi connectivity index (χ2n) is 11.2. The van der Waals surface area contributed by atoms with Crippen LogP contribution >= 0.6 is 0 Å². The molecule has 0 amide bonds. The van der Waals surface area contributed by atoms with Crippen LogP contribution in [0.2, 0.25) is 0 Å². The van der Waals surface area contributed by atoms with Crippen molar-refractivity contribution in [3.8, 4) is 11.5 Å². The van der Waals surface area contributed by atoms with Crippen LogP contribution < -0.4 is 14.8 Å². The summed E-state index contributed by atoms with van der Waals surface area (Å²) in [4.78, 5) is 15.8. The zero-order valence-electron chi connectivity index (χ0n) is 22.1. The zero-order valence-corrected chi connectivity index (χ0v) is 22.1. The summed E-state index contributed by atoms with van der Waals surface area (Å²) in [6.45, 7) is 11.5. The molecule has 1 heterocycles. The van der Waals surface area contributed by atoms with Gasteiger partial charge in [0, 0.05) is 24.2 Å². The molecular weight excluding hydrogens is 454 g/mol. The van der Waals surface area contributed by atoms with Gasteiger partial charge in [0.2, 0.25) is 5.95 Å². The van der Waals surface area contributed by atoms with E-state index in [9.17, 15) is 4.79 Å². The van der Waals surface area contributed by atoms with Crippen molar-refractivity contribution in [3.05, 3.63) is 42.5 Å². The van der Waals surface area contributed by atoms with E-state index in [1.54, 1.807) is 0 Å². The smallest absolute Gasteiger partial charge is 0.303 e. The summed E-state index contributed by atoms with van der Waals surface area (Å²) < 4.78 is 14.0. The number of ether oxygens (including phenoxy) is 2. The van der Waals surface area contributed by atoms with E-state index in [2.05, 4.69) is 36.7 Å². The lowest BCUT2D eigenvalue weighted by Gasteiger charge is -2.40. The summed E-state index contributed by atoms with van der Waals surface area (Å²) >= 11 is 0. The average molecular weight is 494 g/mol. The molecule has 1 saturated carbocycles. The van der Waals surface area contributed by atoms with E-state index in [-0.39, 0.29) is 17.9 Å². The highest BCUT2D eigenvalue weighted by atomic mass is 16.5. The number of aromatic nitrogens is 2. The molecular formula is C29H39N3O4. The van der Waals surface area contributed by atoms with E-state index < -0.39 is 5.97 Å². The maximum atomic E-state index is 10.8. The van der Waals surface area contributed by atoms with Gasteiger partial charge in [0.1, 0.15) is 11.5 Å². The van der Waals surface area contributed by atoms with E-state index in [0.717, 1.165) is 41.3 Å². The van der Waals surface area contributed by atoms with Gasteiger partial charge in [-0.2, -0.15) is 0 Å². The van der Waals surface area contributed by atoms with Crippen molar-refractivity contribution in [2.45, 2.75) is 78.9 Å². The number of carboxylic acids is 1. The van der Waals surface area contributed by atoms with Crippen molar-refractivity contribution < 1.29 is 19.4 Å². The van der Waals surface area contributed by atoms with Crippen LogP contribution in [0, 0.1) is 11.3 Å². The van der Waals surface area contributed by atoms with Crippen LogP contribution in [0.4, 0.5) is 11.6 Å². The summed E-state index contributed by atoms with van der Waals surface area (Å²) in [6.07, 6.45) is 4.13. The average Bonchev–Trinajstić information content (AvgIpc) is 3.13. The molecule has 0 spiro atoms. The monoisotopic (exact) mass is 493 g/mol. The van der Waals surface area contributed by atoms with Crippen LogP contribution in [0.15, 0.2) is 42.5 Å². The molecule has 194 valence electrons. The Balaban J connectivity index is 1.64. The Morgan fingerprint density at radius 3 is 2.56 bits per heavy atom. The van der Waals surface area contributed by atoms with Crippen LogP contribution in [0.3, 0.4) is 0 Å². The number of hydrogen-bond donors (Lipinski definition) is 2. The summed E-state index contributed by atoms with van der Waals surface area (Å²) in [5.74, 6) is 2.19. The lowest BCUT2D eigenvalue weighted by molar-refractivity contribution is -0.137. The fraction of sp³-hybridized carbons (Fsp3) is 0.517. The lowest BCUT2D eigenvalue weighted by Crippen LogP contribution is -2.29. The van der Waals surface area contributed by atoms with Gasteiger partial charge in [-0.1, -0.05) is 20.8 Å². The topological polar surface area (TPSA) is 85.6 Å². The number of carboxylic acid groups (broad SMARTS) is 1. The fourth-order valence-electron chi connectivity index (χ4n) is 5.55. The van der Waals surface area contributed by atoms with Crippen molar-refractivity contribution in [1.82, 2.24) is 9.55 Å². The summed E-state index contributed by atoms with van der Waals surface area (Å²) in [5, 5.41) is 12.4. The second-order valence-corrected chi connectivity index (χ2v) is 11.2. The molecule has 0 bridgehead atoms. The lowest BCUT2D eigenvalue weighted by atomic mass is 9.70. The van der Waals surface area contributed by atoms with E-state index in [1.807, 2.05) is 50.2 Å². The molecule has 0 radical (unpaired) electrons. The first-order valence-corrected chi connectivity index (χ1v) is 13.0. The molecule has 1 aromatic heterocycles. The molecule has 2 atom stereocenters. The first-order valence-electron chi connectivity index (χ1n) is 13.0. The normalized spacial score (nSPS) is 19.4. The molecule has 2 aromatic carbocycles. The first-order chi connectivity index (χ1) is 17.1. The van der Waals surface area contributed by atoms with Crippen LogP contribution in [0.25, 0.3) is 11.0 Å². The maximum Gasteiger partial charge on any atom is 0.303 e.